The summed E-state index contributed by atoms with van der Waals surface area (Å²) >= 11 is 1.28. The summed E-state index contributed by atoms with van der Waals surface area (Å²) in [4.78, 5) is 12.6. The molecular weight excluding hydrogens is 434 g/mol. The zero-order valence-electron chi connectivity index (χ0n) is 19.6. The highest BCUT2D eigenvalue weighted by atomic mass is 32.2. The molecule has 8 heteroatoms. The third-order valence-electron chi connectivity index (χ3n) is 5.43. The molecule has 1 N–H and O–H groups in total. The average molecular weight is 464 g/mol. The Kier molecular flexibility index (Phi) is 7.77. The number of amides is 1. The van der Waals surface area contributed by atoms with Crippen molar-refractivity contribution in [2.24, 2.45) is 5.92 Å². The molecule has 7 nitrogen and oxygen atoms in total. The number of nitrogens with one attached hydrogen (secondary N) is 1. The van der Waals surface area contributed by atoms with Crippen molar-refractivity contribution in [3.63, 3.8) is 0 Å². The van der Waals surface area contributed by atoms with Crippen molar-refractivity contribution >= 4 is 17.7 Å². The number of nitrogens with zero attached hydrogens (tertiary/aromatic N) is 4. The summed E-state index contributed by atoms with van der Waals surface area (Å²) < 4.78 is 7.51. The number of carbonyl (C=O) groups is 1. The smallest absolute Gasteiger partial charge is 0.231 e. The standard InChI is InChI=1S/C25H29N5O2S/c1-6-32-21-12-10-20(11-13-21)30-23(19-9-7-8-18(4)14-19)28-29-24(30)33-15-22(31)27-25(5,16-26)17(2)3/h7-14,17H,6,15H2,1-5H3,(H,27,31). The van der Waals surface area contributed by atoms with E-state index in [-0.39, 0.29) is 17.6 Å². The molecule has 1 unspecified atom stereocenters. The summed E-state index contributed by atoms with van der Waals surface area (Å²) in [7, 11) is 0. The number of nitriles is 1. The summed E-state index contributed by atoms with van der Waals surface area (Å²) in [6.07, 6.45) is 0. The second kappa shape index (κ2) is 10.5. The molecule has 0 spiro atoms. The molecule has 0 bridgehead atoms. The number of hydrogen-bond acceptors (Lipinski definition) is 6. The molecule has 1 aromatic heterocycles. The van der Waals surface area contributed by atoms with Crippen molar-refractivity contribution in [2.75, 3.05) is 12.4 Å². The first-order valence-electron chi connectivity index (χ1n) is 10.9. The van der Waals surface area contributed by atoms with Gasteiger partial charge in [-0.25, -0.2) is 0 Å². The number of thioether (sulfide) groups is 1. The number of benzene rings is 2. The SMILES string of the molecule is CCOc1ccc(-n2c(SCC(=O)NC(C)(C#N)C(C)C)nnc2-c2cccc(C)c2)cc1. The molecule has 1 atom stereocenters. The molecule has 3 rings (SSSR count). The third kappa shape index (κ3) is 5.74. The van der Waals surface area contributed by atoms with Gasteiger partial charge in [-0.2, -0.15) is 5.26 Å². The van der Waals surface area contributed by atoms with Crippen LogP contribution in [0.5, 0.6) is 5.75 Å². The minimum atomic E-state index is -0.923. The Bertz CT molecular complexity index is 1150. The van der Waals surface area contributed by atoms with Crippen molar-refractivity contribution < 1.29 is 9.53 Å². The summed E-state index contributed by atoms with van der Waals surface area (Å²) in [5, 5.41) is 21.7. The number of carbonyl (C=O) groups excluding carboxylic acids is 1. The highest BCUT2D eigenvalue weighted by Crippen LogP contribution is 2.29. The maximum Gasteiger partial charge on any atom is 0.231 e. The van der Waals surface area contributed by atoms with Gasteiger partial charge in [0.25, 0.3) is 0 Å². The van der Waals surface area contributed by atoms with Gasteiger partial charge in [0.15, 0.2) is 11.0 Å². The number of hydrogen-bond donors (Lipinski definition) is 1. The molecule has 0 saturated carbocycles. The van der Waals surface area contributed by atoms with Crippen molar-refractivity contribution in [3.05, 3.63) is 54.1 Å². The molecule has 172 valence electrons. The molecule has 0 aliphatic carbocycles. The molecule has 0 aliphatic rings. The monoisotopic (exact) mass is 463 g/mol. The van der Waals surface area contributed by atoms with Gasteiger partial charge in [0.05, 0.1) is 18.4 Å². The van der Waals surface area contributed by atoms with Crippen LogP contribution in [0, 0.1) is 24.2 Å². The fraction of sp³-hybridized carbons (Fsp3) is 0.360. The predicted octanol–water partition coefficient (Wildman–Crippen LogP) is 4.79. The number of ether oxygens (including phenoxy) is 1. The topological polar surface area (TPSA) is 92.8 Å². The molecular formula is C25H29N5O2S. The summed E-state index contributed by atoms with van der Waals surface area (Å²) in [6, 6.07) is 18.0. The van der Waals surface area contributed by atoms with Gasteiger partial charge in [-0.3, -0.25) is 9.36 Å². The van der Waals surface area contributed by atoms with E-state index >= 15 is 0 Å². The lowest BCUT2D eigenvalue weighted by atomic mass is 9.90. The molecule has 0 radical (unpaired) electrons. The Balaban J connectivity index is 1.92. The van der Waals surface area contributed by atoms with Gasteiger partial charge < -0.3 is 10.1 Å². The average Bonchev–Trinajstić information content (AvgIpc) is 3.22. The van der Waals surface area contributed by atoms with E-state index in [1.165, 1.54) is 11.8 Å². The van der Waals surface area contributed by atoms with Crippen LogP contribution < -0.4 is 10.1 Å². The van der Waals surface area contributed by atoms with E-state index in [4.69, 9.17) is 4.74 Å². The summed E-state index contributed by atoms with van der Waals surface area (Å²) in [6.45, 7) is 10.1. The van der Waals surface area contributed by atoms with Crippen LogP contribution in [0.1, 0.15) is 33.3 Å². The van der Waals surface area contributed by atoms with Crippen LogP contribution in [0.3, 0.4) is 0 Å². The lowest BCUT2D eigenvalue weighted by Gasteiger charge is -2.27. The molecule has 0 saturated heterocycles. The van der Waals surface area contributed by atoms with E-state index in [1.807, 2.05) is 74.7 Å². The van der Waals surface area contributed by atoms with Crippen molar-refractivity contribution in [3.8, 4) is 28.9 Å². The summed E-state index contributed by atoms with van der Waals surface area (Å²) in [5.74, 6) is 1.35. The predicted molar refractivity (Wildman–Crippen MR) is 130 cm³/mol. The first-order chi connectivity index (χ1) is 15.8. The van der Waals surface area contributed by atoms with Gasteiger partial charge in [-0.15, -0.1) is 10.2 Å². The third-order valence-corrected chi connectivity index (χ3v) is 6.36. The van der Waals surface area contributed by atoms with Gasteiger partial charge in [-0.1, -0.05) is 49.4 Å². The van der Waals surface area contributed by atoms with Crippen LogP contribution >= 0.6 is 11.8 Å². The van der Waals surface area contributed by atoms with Crippen molar-refractivity contribution in [1.82, 2.24) is 20.1 Å². The van der Waals surface area contributed by atoms with Crippen LogP contribution in [0.15, 0.2) is 53.7 Å². The van der Waals surface area contributed by atoms with Crippen LogP contribution in [0.2, 0.25) is 0 Å². The molecule has 3 aromatic rings. The van der Waals surface area contributed by atoms with E-state index in [0.717, 1.165) is 22.6 Å². The largest absolute Gasteiger partial charge is 0.494 e. The Morgan fingerprint density at radius 3 is 2.58 bits per heavy atom. The molecule has 33 heavy (non-hydrogen) atoms. The number of rotatable bonds is 9. The van der Waals surface area contributed by atoms with E-state index in [2.05, 4.69) is 27.6 Å². The normalized spacial score (nSPS) is 12.8. The minimum absolute atomic E-state index is 0.0168. The highest BCUT2D eigenvalue weighted by molar-refractivity contribution is 7.99. The van der Waals surface area contributed by atoms with E-state index in [9.17, 15) is 10.1 Å². The fourth-order valence-electron chi connectivity index (χ4n) is 3.18. The second-order valence-corrected chi connectivity index (χ2v) is 9.19. The molecule has 1 heterocycles. The highest BCUT2D eigenvalue weighted by Gasteiger charge is 2.30. The Morgan fingerprint density at radius 1 is 1.24 bits per heavy atom. The maximum atomic E-state index is 12.6. The van der Waals surface area contributed by atoms with Gasteiger partial charge in [0, 0.05) is 11.3 Å². The zero-order valence-corrected chi connectivity index (χ0v) is 20.4. The lowest BCUT2D eigenvalue weighted by molar-refractivity contribution is -0.120. The van der Waals surface area contributed by atoms with Crippen LogP contribution in [-0.2, 0) is 4.79 Å². The Morgan fingerprint density at radius 2 is 1.97 bits per heavy atom. The fourth-order valence-corrected chi connectivity index (χ4v) is 3.93. The van der Waals surface area contributed by atoms with Gasteiger partial charge in [0.2, 0.25) is 5.91 Å². The maximum absolute atomic E-state index is 12.6. The molecule has 0 fully saturated rings. The van der Waals surface area contributed by atoms with Gasteiger partial charge >= 0.3 is 0 Å². The lowest BCUT2D eigenvalue weighted by Crippen LogP contribution is -2.49. The van der Waals surface area contributed by atoms with Crippen molar-refractivity contribution in [2.45, 2.75) is 45.3 Å². The van der Waals surface area contributed by atoms with Crippen LogP contribution in [0.4, 0.5) is 0 Å². The Hall–Kier alpha value is -3.31. The number of aryl methyl sites for hydroxylation is 1. The second-order valence-electron chi connectivity index (χ2n) is 8.24. The van der Waals surface area contributed by atoms with E-state index in [1.54, 1.807) is 6.92 Å². The van der Waals surface area contributed by atoms with Crippen molar-refractivity contribution in [1.29, 1.82) is 5.26 Å². The quantitative estimate of drug-likeness (QED) is 0.459. The van der Waals surface area contributed by atoms with E-state index < -0.39 is 5.54 Å². The zero-order chi connectivity index (χ0) is 24.0. The summed E-state index contributed by atoms with van der Waals surface area (Å²) in [5.41, 5.74) is 2.00. The molecule has 0 aliphatic heterocycles. The van der Waals surface area contributed by atoms with E-state index in [0.29, 0.717) is 17.6 Å². The first kappa shape index (κ1) is 24.3. The van der Waals surface area contributed by atoms with Gasteiger partial charge in [-0.05, 0) is 57.0 Å². The first-order valence-corrected chi connectivity index (χ1v) is 11.9. The van der Waals surface area contributed by atoms with Crippen LogP contribution in [-0.4, -0.2) is 38.6 Å². The molecule has 2 aromatic carbocycles. The minimum Gasteiger partial charge on any atom is -0.494 e. The molecule has 1 amide bonds. The Labute approximate surface area is 199 Å². The van der Waals surface area contributed by atoms with Gasteiger partial charge in [0.1, 0.15) is 11.3 Å². The van der Waals surface area contributed by atoms with Crippen LogP contribution in [0.25, 0.3) is 17.1 Å². The number of aromatic nitrogens is 3.